The van der Waals surface area contributed by atoms with Gasteiger partial charge in [0, 0.05) is 5.02 Å². The van der Waals surface area contributed by atoms with Crippen LogP contribution < -0.4 is 10.1 Å². The molecule has 118 valence electrons. The van der Waals surface area contributed by atoms with Gasteiger partial charge in [-0.1, -0.05) is 35.1 Å². The molecule has 1 amide bonds. The number of fused-ring (bicyclic) bond motifs is 1. The van der Waals surface area contributed by atoms with Crippen LogP contribution in [0.15, 0.2) is 42.5 Å². The first-order valence-corrected chi connectivity index (χ1v) is 8.31. The third-order valence-corrected chi connectivity index (χ3v) is 4.71. The summed E-state index contributed by atoms with van der Waals surface area (Å²) in [5.74, 6) is 0.371. The third-order valence-electron chi connectivity index (χ3n) is 3.34. The van der Waals surface area contributed by atoms with Gasteiger partial charge in [0.25, 0.3) is 5.91 Å². The van der Waals surface area contributed by atoms with Crippen molar-refractivity contribution in [3.05, 3.63) is 53.1 Å². The molecule has 0 fully saturated rings. The molecule has 0 saturated heterocycles. The number of anilines is 1. The van der Waals surface area contributed by atoms with E-state index in [2.05, 4.69) is 10.3 Å². The number of hydrogen-bond acceptors (Lipinski definition) is 4. The second kappa shape index (κ2) is 6.56. The van der Waals surface area contributed by atoms with Gasteiger partial charge < -0.3 is 4.74 Å². The van der Waals surface area contributed by atoms with Crippen molar-refractivity contribution in [2.45, 2.75) is 20.0 Å². The number of hydrogen-bond donors (Lipinski definition) is 1. The van der Waals surface area contributed by atoms with Crippen LogP contribution in [0.3, 0.4) is 0 Å². The number of carbonyl (C=O) groups is 1. The van der Waals surface area contributed by atoms with Gasteiger partial charge in [-0.25, -0.2) is 4.98 Å². The van der Waals surface area contributed by atoms with Gasteiger partial charge >= 0.3 is 0 Å². The number of nitrogens with one attached hydrogen (secondary N) is 1. The predicted molar refractivity (Wildman–Crippen MR) is 94.5 cm³/mol. The molecule has 1 N–H and O–H groups in total. The molecular weight excluding hydrogens is 332 g/mol. The van der Waals surface area contributed by atoms with Crippen LogP contribution in [0, 0.1) is 6.92 Å². The molecule has 3 rings (SSSR count). The summed E-state index contributed by atoms with van der Waals surface area (Å²) < 4.78 is 6.70. The topological polar surface area (TPSA) is 51.2 Å². The van der Waals surface area contributed by atoms with Gasteiger partial charge in [0.05, 0.1) is 10.2 Å². The summed E-state index contributed by atoms with van der Waals surface area (Å²) in [5, 5.41) is 4.03. The molecule has 0 aliphatic rings. The summed E-state index contributed by atoms with van der Waals surface area (Å²) >= 11 is 7.42. The number of nitrogens with zero attached hydrogens (tertiary/aromatic N) is 1. The molecule has 6 heteroatoms. The number of para-hydroxylation sites is 1. The lowest BCUT2D eigenvalue weighted by molar-refractivity contribution is -0.122. The molecule has 0 spiro atoms. The van der Waals surface area contributed by atoms with E-state index in [0.29, 0.717) is 15.9 Å². The van der Waals surface area contributed by atoms with E-state index < -0.39 is 6.10 Å². The minimum Gasteiger partial charge on any atom is -0.481 e. The largest absolute Gasteiger partial charge is 0.481 e. The molecule has 0 aliphatic heterocycles. The number of amides is 1. The van der Waals surface area contributed by atoms with Crippen molar-refractivity contribution in [2.24, 2.45) is 0 Å². The predicted octanol–water partition coefficient (Wildman–Crippen LogP) is 4.66. The van der Waals surface area contributed by atoms with Gasteiger partial charge in [-0.05, 0) is 49.7 Å². The highest BCUT2D eigenvalue weighted by molar-refractivity contribution is 7.22. The molecule has 0 aliphatic carbocycles. The zero-order valence-electron chi connectivity index (χ0n) is 12.7. The van der Waals surface area contributed by atoms with E-state index in [9.17, 15) is 4.79 Å². The number of halogens is 1. The molecule has 23 heavy (non-hydrogen) atoms. The first-order chi connectivity index (χ1) is 11.0. The van der Waals surface area contributed by atoms with Crippen LogP contribution in [0.4, 0.5) is 5.13 Å². The van der Waals surface area contributed by atoms with E-state index in [-0.39, 0.29) is 5.91 Å². The fourth-order valence-corrected chi connectivity index (χ4v) is 3.07. The number of benzene rings is 2. The van der Waals surface area contributed by atoms with Gasteiger partial charge in [0.15, 0.2) is 11.2 Å². The minimum atomic E-state index is -0.636. The lowest BCUT2D eigenvalue weighted by atomic mass is 10.2. The zero-order chi connectivity index (χ0) is 16.4. The second-order valence-electron chi connectivity index (χ2n) is 5.15. The number of aryl methyl sites for hydroxylation is 1. The number of carbonyl (C=O) groups excluding carboxylic acids is 1. The van der Waals surface area contributed by atoms with Crippen molar-refractivity contribution in [1.29, 1.82) is 0 Å². The smallest absolute Gasteiger partial charge is 0.266 e. The van der Waals surface area contributed by atoms with Gasteiger partial charge in [-0.3, -0.25) is 10.1 Å². The van der Waals surface area contributed by atoms with Crippen molar-refractivity contribution in [3.8, 4) is 5.75 Å². The van der Waals surface area contributed by atoms with E-state index in [1.165, 1.54) is 11.3 Å². The number of rotatable bonds is 4. The number of ether oxygens (including phenoxy) is 1. The highest BCUT2D eigenvalue weighted by Crippen LogP contribution is 2.26. The Kier molecular flexibility index (Phi) is 4.50. The lowest BCUT2D eigenvalue weighted by Gasteiger charge is -2.14. The van der Waals surface area contributed by atoms with Crippen molar-refractivity contribution in [3.63, 3.8) is 0 Å². The molecule has 0 radical (unpaired) electrons. The zero-order valence-corrected chi connectivity index (χ0v) is 14.2. The summed E-state index contributed by atoms with van der Waals surface area (Å²) in [7, 11) is 0. The van der Waals surface area contributed by atoms with Crippen molar-refractivity contribution >= 4 is 44.2 Å². The van der Waals surface area contributed by atoms with E-state index in [1.54, 1.807) is 19.1 Å². The minimum absolute atomic E-state index is 0.239. The Morgan fingerprint density at radius 2 is 2.09 bits per heavy atom. The average molecular weight is 347 g/mol. The highest BCUT2D eigenvalue weighted by Gasteiger charge is 2.17. The van der Waals surface area contributed by atoms with Crippen LogP contribution in [-0.4, -0.2) is 17.0 Å². The summed E-state index contributed by atoms with van der Waals surface area (Å²) in [5.41, 5.74) is 1.78. The molecule has 4 nitrogen and oxygen atoms in total. The van der Waals surface area contributed by atoms with Crippen LogP contribution in [0.2, 0.25) is 5.02 Å². The number of aromatic nitrogens is 1. The Balaban J connectivity index is 1.68. The van der Waals surface area contributed by atoms with Crippen LogP contribution in [0.5, 0.6) is 5.75 Å². The van der Waals surface area contributed by atoms with Crippen LogP contribution in [-0.2, 0) is 4.79 Å². The quantitative estimate of drug-likeness (QED) is 0.747. The number of thiazole rings is 1. The molecule has 3 aromatic rings. The van der Waals surface area contributed by atoms with E-state index in [0.717, 1.165) is 15.8 Å². The Bertz CT molecular complexity index is 830. The molecule has 0 unspecified atom stereocenters. The average Bonchev–Trinajstić information content (AvgIpc) is 2.93. The van der Waals surface area contributed by atoms with E-state index >= 15 is 0 Å². The molecule has 0 saturated carbocycles. The third kappa shape index (κ3) is 3.63. The maximum atomic E-state index is 12.2. The maximum absolute atomic E-state index is 12.2. The standard InChI is InChI=1S/C17H15ClN2O2S/c1-10-9-12(7-8-13(10)18)22-11(2)16(21)20-17-19-14-5-3-4-6-15(14)23-17/h3-9,11H,1-2H3,(H,19,20,21)/t11-/m0/s1. The van der Waals surface area contributed by atoms with E-state index in [4.69, 9.17) is 16.3 Å². The Labute approximate surface area is 143 Å². The summed E-state index contributed by atoms with van der Waals surface area (Å²) in [6.07, 6.45) is -0.636. The fourth-order valence-electron chi connectivity index (χ4n) is 2.08. The molecule has 0 bridgehead atoms. The first kappa shape index (κ1) is 15.8. The van der Waals surface area contributed by atoms with Gasteiger partial charge in [-0.2, -0.15) is 0 Å². The summed E-state index contributed by atoms with van der Waals surface area (Å²) in [6.45, 7) is 3.59. The summed E-state index contributed by atoms with van der Waals surface area (Å²) in [6, 6.07) is 13.1. The Hall–Kier alpha value is -2.11. The maximum Gasteiger partial charge on any atom is 0.266 e. The molecule has 1 aromatic heterocycles. The van der Waals surface area contributed by atoms with Crippen molar-refractivity contribution in [1.82, 2.24) is 4.98 Å². The molecule has 1 heterocycles. The summed E-state index contributed by atoms with van der Waals surface area (Å²) in [4.78, 5) is 16.6. The highest BCUT2D eigenvalue weighted by atomic mass is 35.5. The Morgan fingerprint density at radius 3 is 2.83 bits per heavy atom. The van der Waals surface area contributed by atoms with Crippen molar-refractivity contribution < 1.29 is 9.53 Å². The monoisotopic (exact) mass is 346 g/mol. The van der Waals surface area contributed by atoms with Crippen LogP contribution in [0.1, 0.15) is 12.5 Å². The van der Waals surface area contributed by atoms with Crippen molar-refractivity contribution in [2.75, 3.05) is 5.32 Å². The van der Waals surface area contributed by atoms with Gasteiger partial charge in [0.2, 0.25) is 0 Å². The van der Waals surface area contributed by atoms with Crippen LogP contribution in [0.25, 0.3) is 10.2 Å². The van der Waals surface area contributed by atoms with Gasteiger partial charge in [0.1, 0.15) is 5.75 Å². The second-order valence-corrected chi connectivity index (χ2v) is 6.58. The Morgan fingerprint density at radius 1 is 1.30 bits per heavy atom. The molecule has 2 aromatic carbocycles. The SMILES string of the molecule is Cc1cc(O[C@@H](C)C(=O)Nc2nc3ccccc3s2)ccc1Cl. The first-order valence-electron chi connectivity index (χ1n) is 7.12. The van der Waals surface area contributed by atoms with Crippen LogP contribution >= 0.6 is 22.9 Å². The molecular formula is C17H15ClN2O2S. The normalized spacial score (nSPS) is 12.1. The molecule has 1 atom stereocenters. The van der Waals surface area contributed by atoms with E-state index in [1.807, 2.05) is 37.3 Å². The lowest BCUT2D eigenvalue weighted by Crippen LogP contribution is -2.30. The van der Waals surface area contributed by atoms with Gasteiger partial charge in [-0.15, -0.1) is 0 Å². The fraction of sp³-hybridized carbons (Fsp3) is 0.176.